The highest BCUT2D eigenvalue weighted by Gasteiger charge is 2.20. The molecule has 2 heterocycles. The predicted octanol–water partition coefficient (Wildman–Crippen LogP) is 2.02. The van der Waals surface area contributed by atoms with Gasteiger partial charge in [-0.2, -0.15) is 5.10 Å². The van der Waals surface area contributed by atoms with Gasteiger partial charge in [-0.3, -0.25) is 14.5 Å². The van der Waals surface area contributed by atoms with Gasteiger partial charge >= 0.3 is 0 Å². The van der Waals surface area contributed by atoms with Crippen LogP contribution in [0.1, 0.15) is 22.8 Å². The molecule has 35 heavy (non-hydrogen) atoms. The van der Waals surface area contributed by atoms with Crippen LogP contribution in [0.4, 0.5) is 5.69 Å². The van der Waals surface area contributed by atoms with E-state index in [-0.39, 0.29) is 33.5 Å². The number of benzene rings is 1. The number of pyridine rings is 1. The summed E-state index contributed by atoms with van der Waals surface area (Å²) >= 11 is 1.04. The predicted molar refractivity (Wildman–Crippen MR) is 133 cm³/mol. The standard InChI is InChI=1S/C21H23N5O6S3/c1-15(16-5-3-6-17(13-16)34(28,29)23-10-11-32-2)24-25-21(27)18-8-9-22-14-19(18)26-35(30,31)20-7-4-12-33-20/h3-9,12-14,23,26H,10-11H2,1-2H3,(H,25,27)/b24-15+. The van der Waals surface area contributed by atoms with Gasteiger partial charge in [0.1, 0.15) is 4.21 Å². The maximum atomic E-state index is 12.8. The van der Waals surface area contributed by atoms with Crippen LogP contribution in [0.15, 0.2) is 74.4 Å². The Hall–Kier alpha value is -3.17. The number of nitrogens with zero attached hydrogens (tertiary/aromatic N) is 2. The fraction of sp³-hybridized carbons (Fsp3) is 0.190. The summed E-state index contributed by atoms with van der Waals surface area (Å²) in [7, 11) is -6.16. The van der Waals surface area contributed by atoms with Crippen molar-refractivity contribution in [3.63, 3.8) is 0 Å². The van der Waals surface area contributed by atoms with Crippen LogP contribution in [0.2, 0.25) is 0 Å². The SMILES string of the molecule is COCCNS(=O)(=O)c1cccc(/C(C)=N/NC(=O)c2ccncc2NS(=O)(=O)c2cccs2)c1. The second-order valence-electron chi connectivity index (χ2n) is 7.02. The smallest absolute Gasteiger partial charge is 0.273 e. The summed E-state index contributed by atoms with van der Waals surface area (Å²) in [4.78, 5) is 16.7. The number of rotatable bonds is 11. The lowest BCUT2D eigenvalue weighted by Crippen LogP contribution is -2.27. The maximum Gasteiger partial charge on any atom is 0.273 e. The Kier molecular flexibility index (Phi) is 8.69. The second kappa shape index (κ2) is 11.5. The molecule has 0 aliphatic rings. The number of hydrogen-bond donors (Lipinski definition) is 3. The summed E-state index contributed by atoms with van der Waals surface area (Å²) in [5.41, 5.74) is 3.16. The number of thiophene rings is 1. The monoisotopic (exact) mass is 537 g/mol. The van der Waals surface area contributed by atoms with Crippen LogP contribution in [0.5, 0.6) is 0 Å². The number of nitrogens with one attached hydrogen (secondary N) is 3. The molecule has 0 fully saturated rings. The zero-order chi connectivity index (χ0) is 25.5. The fourth-order valence-electron chi connectivity index (χ4n) is 2.79. The highest BCUT2D eigenvalue weighted by Crippen LogP contribution is 2.22. The highest BCUT2D eigenvalue weighted by atomic mass is 32.2. The number of amides is 1. The van der Waals surface area contributed by atoms with Crippen LogP contribution in [-0.4, -0.2) is 53.7 Å². The van der Waals surface area contributed by atoms with E-state index < -0.39 is 26.0 Å². The number of aromatic nitrogens is 1. The first-order valence-electron chi connectivity index (χ1n) is 10.1. The molecule has 0 aliphatic heterocycles. The van der Waals surface area contributed by atoms with Gasteiger partial charge in [-0.05, 0) is 42.1 Å². The van der Waals surface area contributed by atoms with Gasteiger partial charge in [-0.15, -0.1) is 11.3 Å². The van der Waals surface area contributed by atoms with Crippen molar-refractivity contribution in [1.29, 1.82) is 0 Å². The van der Waals surface area contributed by atoms with E-state index in [9.17, 15) is 21.6 Å². The van der Waals surface area contributed by atoms with Crippen molar-refractivity contribution in [3.05, 3.63) is 71.4 Å². The quantitative estimate of drug-likeness (QED) is 0.192. The Morgan fingerprint density at radius 1 is 1.11 bits per heavy atom. The van der Waals surface area contributed by atoms with Gasteiger partial charge < -0.3 is 4.74 Å². The van der Waals surface area contributed by atoms with Crippen molar-refractivity contribution in [2.75, 3.05) is 25.0 Å². The first kappa shape index (κ1) is 26.4. The molecule has 0 saturated carbocycles. The third kappa shape index (κ3) is 6.93. The molecule has 0 radical (unpaired) electrons. The average molecular weight is 538 g/mol. The van der Waals surface area contributed by atoms with Crippen molar-refractivity contribution in [2.24, 2.45) is 5.10 Å². The summed E-state index contributed by atoms with van der Waals surface area (Å²) < 4.78 is 59.7. The highest BCUT2D eigenvalue weighted by molar-refractivity contribution is 7.94. The van der Waals surface area contributed by atoms with E-state index in [0.29, 0.717) is 11.3 Å². The molecule has 3 aromatic rings. The molecule has 0 saturated heterocycles. The molecule has 0 bridgehead atoms. The normalized spacial score (nSPS) is 12.3. The van der Waals surface area contributed by atoms with E-state index in [1.165, 1.54) is 43.8 Å². The maximum absolute atomic E-state index is 12.8. The largest absolute Gasteiger partial charge is 0.383 e. The van der Waals surface area contributed by atoms with E-state index in [1.54, 1.807) is 30.5 Å². The Balaban J connectivity index is 1.76. The van der Waals surface area contributed by atoms with E-state index in [4.69, 9.17) is 4.74 Å². The summed E-state index contributed by atoms with van der Waals surface area (Å²) in [6.07, 6.45) is 2.57. The van der Waals surface area contributed by atoms with Crippen LogP contribution in [-0.2, 0) is 24.8 Å². The first-order chi connectivity index (χ1) is 16.6. The summed E-state index contributed by atoms with van der Waals surface area (Å²) in [6.45, 7) is 1.94. The molecule has 0 spiro atoms. The Morgan fingerprint density at radius 3 is 2.63 bits per heavy atom. The molecular weight excluding hydrogens is 514 g/mol. The van der Waals surface area contributed by atoms with Crippen molar-refractivity contribution < 1.29 is 26.4 Å². The zero-order valence-corrected chi connectivity index (χ0v) is 21.2. The van der Waals surface area contributed by atoms with Gasteiger partial charge in [0.25, 0.3) is 15.9 Å². The van der Waals surface area contributed by atoms with E-state index in [0.717, 1.165) is 11.3 Å². The van der Waals surface area contributed by atoms with Gasteiger partial charge in [0, 0.05) is 19.9 Å². The molecule has 1 aromatic carbocycles. The van der Waals surface area contributed by atoms with Gasteiger partial charge in [-0.25, -0.2) is 27.0 Å². The second-order valence-corrected chi connectivity index (χ2v) is 11.6. The summed E-state index contributed by atoms with van der Waals surface area (Å²) in [5, 5.41) is 5.67. The Bertz CT molecular complexity index is 1420. The summed E-state index contributed by atoms with van der Waals surface area (Å²) in [5.74, 6) is -0.680. The van der Waals surface area contributed by atoms with Gasteiger partial charge in [-0.1, -0.05) is 18.2 Å². The topological polar surface area (TPSA) is 156 Å². The minimum Gasteiger partial charge on any atom is -0.383 e. The molecule has 3 N–H and O–H groups in total. The van der Waals surface area contributed by atoms with Gasteiger partial charge in [0.15, 0.2) is 0 Å². The van der Waals surface area contributed by atoms with Crippen LogP contribution < -0.4 is 14.9 Å². The number of ether oxygens (including phenoxy) is 1. The number of hydrazone groups is 1. The van der Waals surface area contributed by atoms with Gasteiger partial charge in [0.05, 0.1) is 34.7 Å². The number of carbonyl (C=O) groups excluding carboxylic acids is 1. The molecule has 2 aromatic heterocycles. The van der Waals surface area contributed by atoms with Gasteiger partial charge in [0.2, 0.25) is 10.0 Å². The number of carbonyl (C=O) groups is 1. The lowest BCUT2D eigenvalue weighted by molar-refractivity contribution is 0.0955. The Labute approximate surface area is 207 Å². The van der Waals surface area contributed by atoms with Crippen LogP contribution >= 0.6 is 11.3 Å². The lowest BCUT2D eigenvalue weighted by atomic mass is 10.1. The fourth-order valence-corrected chi connectivity index (χ4v) is 5.91. The van der Waals surface area contributed by atoms with E-state index in [2.05, 4.69) is 25.0 Å². The van der Waals surface area contributed by atoms with Crippen molar-refractivity contribution >= 4 is 48.7 Å². The number of methoxy groups -OCH3 is 1. The third-order valence-corrected chi connectivity index (χ3v) is 8.78. The minimum absolute atomic E-state index is 0.00959. The third-order valence-electron chi connectivity index (χ3n) is 4.56. The van der Waals surface area contributed by atoms with E-state index >= 15 is 0 Å². The number of anilines is 1. The lowest BCUT2D eigenvalue weighted by Gasteiger charge is -2.11. The van der Waals surface area contributed by atoms with Crippen molar-refractivity contribution in [2.45, 2.75) is 16.0 Å². The summed E-state index contributed by atoms with van der Waals surface area (Å²) in [6, 6.07) is 10.5. The molecule has 11 nitrogen and oxygen atoms in total. The molecule has 0 atom stereocenters. The molecular formula is C21H23N5O6S3. The van der Waals surface area contributed by atoms with Crippen LogP contribution in [0, 0.1) is 0 Å². The average Bonchev–Trinajstić information content (AvgIpc) is 3.39. The first-order valence-corrected chi connectivity index (χ1v) is 13.9. The molecule has 14 heteroatoms. The van der Waals surface area contributed by atoms with Crippen molar-refractivity contribution in [1.82, 2.24) is 15.1 Å². The molecule has 186 valence electrons. The number of sulfonamides is 2. The minimum atomic E-state index is -3.89. The molecule has 1 amide bonds. The molecule has 0 aliphatic carbocycles. The number of hydrogen-bond acceptors (Lipinski definition) is 9. The zero-order valence-electron chi connectivity index (χ0n) is 18.8. The van der Waals surface area contributed by atoms with Crippen LogP contribution in [0.25, 0.3) is 0 Å². The molecule has 3 rings (SSSR count). The molecule has 0 unspecified atom stereocenters. The van der Waals surface area contributed by atoms with E-state index in [1.807, 2.05) is 0 Å². The van der Waals surface area contributed by atoms with Crippen molar-refractivity contribution in [3.8, 4) is 0 Å². The van der Waals surface area contributed by atoms with Crippen LogP contribution in [0.3, 0.4) is 0 Å². The Morgan fingerprint density at radius 2 is 1.91 bits per heavy atom.